The molecular formula is C11H8N2O. The number of rotatable bonds is 1. The molecule has 0 aromatic heterocycles. The van der Waals surface area contributed by atoms with E-state index in [1.165, 1.54) is 0 Å². The highest BCUT2D eigenvalue weighted by Crippen LogP contribution is 2.11. The molecule has 2 N–H and O–H groups in total. The predicted octanol–water partition coefficient (Wildman–Crippen LogP) is 1.08. The summed E-state index contributed by atoms with van der Waals surface area (Å²) in [5.74, 6) is 5.41. The molecule has 0 aliphatic rings. The van der Waals surface area contributed by atoms with Crippen molar-refractivity contribution in [3.8, 4) is 17.9 Å². The maximum absolute atomic E-state index is 10.00. The predicted molar refractivity (Wildman–Crippen MR) is 53.1 cm³/mol. The first-order valence-electron chi connectivity index (χ1n) is 4.00. The summed E-state index contributed by atoms with van der Waals surface area (Å²) in [5.41, 5.74) is 7.06. The summed E-state index contributed by atoms with van der Waals surface area (Å²) in [5, 5.41) is 8.68. The summed E-state index contributed by atoms with van der Waals surface area (Å²) in [7, 11) is 0. The number of benzene rings is 1. The van der Waals surface area contributed by atoms with E-state index in [0.29, 0.717) is 16.8 Å². The molecule has 3 nitrogen and oxygen atoms in total. The third-order valence-electron chi connectivity index (χ3n) is 1.59. The Morgan fingerprint density at radius 2 is 2.29 bits per heavy atom. The number of anilines is 1. The van der Waals surface area contributed by atoms with Crippen LogP contribution in [0.25, 0.3) is 0 Å². The molecule has 14 heavy (non-hydrogen) atoms. The lowest BCUT2D eigenvalue weighted by molar-refractivity contribution is -0.107. The van der Waals surface area contributed by atoms with Gasteiger partial charge in [-0.2, -0.15) is 5.26 Å². The number of hydrogen-bond acceptors (Lipinski definition) is 3. The summed E-state index contributed by atoms with van der Waals surface area (Å²) in [6, 6.07) is 6.91. The molecule has 0 amide bonds. The van der Waals surface area contributed by atoms with Gasteiger partial charge in [-0.15, -0.1) is 0 Å². The highest BCUT2D eigenvalue weighted by Gasteiger charge is 1.97. The van der Waals surface area contributed by atoms with E-state index in [9.17, 15) is 4.79 Å². The van der Waals surface area contributed by atoms with E-state index in [1.54, 1.807) is 18.2 Å². The van der Waals surface area contributed by atoms with Crippen molar-refractivity contribution >= 4 is 12.0 Å². The summed E-state index contributed by atoms with van der Waals surface area (Å²) in [6.45, 7) is 0. The van der Waals surface area contributed by atoms with Gasteiger partial charge in [0, 0.05) is 11.3 Å². The molecule has 0 radical (unpaired) electrons. The van der Waals surface area contributed by atoms with Crippen molar-refractivity contribution in [1.82, 2.24) is 0 Å². The Morgan fingerprint density at radius 1 is 1.50 bits per heavy atom. The van der Waals surface area contributed by atoms with Crippen molar-refractivity contribution in [3.05, 3.63) is 29.3 Å². The van der Waals surface area contributed by atoms with E-state index in [0.717, 1.165) is 6.29 Å². The molecule has 0 heterocycles. The van der Waals surface area contributed by atoms with Gasteiger partial charge in [0.25, 0.3) is 0 Å². The fraction of sp³-hybridized carbons (Fsp3) is 0.0909. The SMILES string of the molecule is N#Cc1cc(C#CCC=O)ccc1N. The summed E-state index contributed by atoms with van der Waals surface area (Å²) >= 11 is 0. The van der Waals surface area contributed by atoms with Gasteiger partial charge in [-0.1, -0.05) is 11.8 Å². The van der Waals surface area contributed by atoms with Crippen LogP contribution in [0.5, 0.6) is 0 Å². The Balaban J connectivity index is 2.98. The van der Waals surface area contributed by atoms with Crippen LogP contribution in [0.4, 0.5) is 5.69 Å². The number of nitrogens with two attached hydrogens (primary N) is 1. The van der Waals surface area contributed by atoms with Crippen LogP contribution < -0.4 is 5.73 Å². The van der Waals surface area contributed by atoms with Crippen LogP contribution in [-0.4, -0.2) is 6.29 Å². The van der Waals surface area contributed by atoms with Crippen molar-refractivity contribution in [2.45, 2.75) is 6.42 Å². The molecule has 0 saturated heterocycles. The first kappa shape index (κ1) is 9.83. The van der Waals surface area contributed by atoms with Crippen LogP contribution in [0, 0.1) is 23.2 Å². The number of hydrogen-bond donors (Lipinski definition) is 1. The number of nitriles is 1. The Morgan fingerprint density at radius 3 is 2.93 bits per heavy atom. The van der Waals surface area contributed by atoms with E-state index in [1.807, 2.05) is 6.07 Å². The lowest BCUT2D eigenvalue weighted by atomic mass is 10.1. The number of nitrogen functional groups attached to an aromatic ring is 1. The first-order valence-corrected chi connectivity index (χ1v) is 4.00. The molecule has 0 unspecified atom stereocenters. The van der Waals surface area contributed by atoms with E-state index < -0.39 is 0 Å². The number of nitrogens with zero attached hydrogens (tertiary/aromatic N) is 1. The monoisotopic (exact) mass is 184 g/mol. The number of carbonyl (C=O) groups excluding carboxylic acids is 1. The highest BCUT2D eigenvalue weighted by molar-refractivity contribution is 5.59. The van der Waals surface area contributed by atoms with Crippen LogP contribution in [0.15, 0.2) is 18.2 Å². The van der Waals surface area contributed by atoms with Gasteiger partial charge in [-0.05, 0) is 18.2 Å². The Kier molecular flexibility index (Phi) is 3.29. The molecule has 0 aliphatic carbocycles. The van der Waals surface area contributed by atoms with Gasteiger partial charge in [-0.25, -0.2) is 0 Å². The Hall–Kier alpha value is -2.26. The van der Waals surface area contributed by atoms with E-state index in [4.69, 9.17) is 11.0 Å². The first-order chi connectivity index (χ1) is 6.77. The number of aldehydes is 1. The Bertz CT molecular complexity index is 447. The molecule has 0 fully saturated rings. The maximum Gasteiger partial charge on any atom is 0.131 e. The van der Waals surface area contributed by atoms with E-state index >= 15 is 0 Å². The third kappa shape index (κ3) is 2.36. The average molecular weight is 184 g/mol. The van der Waals surface area contributed by atoms with E-state index in [2.05, 4.69) is 11.8 Å². The standard InChI is InChI=1S/C11H8N2O/c12-8-10-7-9(3-1-2-6-14)4-5-11(10)13/h4-7H,2,13H2. The van der Waals surface area contributed by atoms with E-state index in [-0.39, 0.29) is 6.42 Å². The summed E-state index contributed by atoms with van der Waals surface area (Å²) in [6.07, 6.45) is 0.932. The minimum atomic E-state index is 0.201. The van der Waals surface area contributed by atoms with Crippen LogP contribution >= 0.6 is 0 Å². The zero-order valence-corrected chi connectivity index (χ0v) is 7.45. The second-order valence-corrected chi connectivity index (χ2v) is 2.59. The molecule has 0 spiro atoms. The van der Waals surface area contributed by atoms with Crippen molar-refractivity contribution in [3.63, 3.8) is 0 Å². The largest absolute Gasteiger partial charge is 0.398 e. The lowest BCUT2D eigenvalue weighted by Gasteiger charge is -1.96. The minimum absolute atomic E-state index is 0.201. The van der Waals surface area contributed by atoms with Crippen molar-refractivity contribution in [2.24, 2.45) is 0 Å². The fourth-order valence-corrected chi connectivity index (χ4v) is 0.926. The van der Waals surface area contributed by atoms with Gasteiger partial charge in [-0.3, -0.25) is 0 Å². The average Bonchev–Trinajstić information content (AvgIpc) is 2.21. The lowest BCUT2D eigenvalue weighted by Crippen LogP contribution is -1.90. The molecule has 1 aromatic rings. The van der Waals surface area contributed by atoms with Gasteiger partial charge in [0.05, 0.1) is 12.0 Å². The van der Waals surface area contributed by atoms with Gasteiger partial charge < -0.3 is 10.5 Å². The molecule has 0 saturated carbocycles. The van der Waals surface area contributed by atoms with Crippen molar-refractivity contribution in [2.75, 3.05) is 5.73 Å². The van der Waals surface area contributed by atoms with Crippen molar-refractivity contribution < 1.29 is 4.79 Å². The normalized spacial score (nSPS) is 8.21. The van der Waals surface area contributed by atoms with Crippen LogP contribution in [0.1, 0.15) is 17.5 Å². The topological polar surface area (TPSA) is 66.9 Å². The molecule has 3 heteroatoms. The maximum atomic E-state index is 10.00. The smallest absolute Gasteiger partial charge is 0.131 e. The summed E-state index contributed by atoms with van der Waals surface area (Å²) in [4.78, 5) is 10.00. The zero-order valence-electron chi connectivity index (χ0n) is 7.45. The van der Waals surface area contributed by atoms with Crippen molar-refractivity contribution in [1.29, 1.82) is 5.26 Å². The minimum Gasteiger partial charge on any atom is -0.398 e. The third-order valence-corrected chi connectivity index (χ3v) is 1.59. The van der Waals surface area contributed by atoms with Gasteiger partial charge in [0.2, 0.25) is 0 Å². The molecule has 0 atom stereocenters. The molecule has 1 rings (SSSR count). The zero-order chi connectivity index (χ0) is 10.4. The fourth-order valence-electron chi connectivity index (χ4n) is 0.926. The van der Waals surface area contributed by atoms with Crippen LogP contribution in [0.2, 0.25) is 0 Å². The molecule has 0 aliphatic heterocycles. The Labute approximate surface area is 82.1 Å². The van der Waals surface area contributed by atoms with Gasteiger partial charge >= 0.3 is 0 Å². The molecule has 68 valence electrons. The van der Waals surface area contributed by atoms with Gasteiger partial charge in [0.15, 0.2) is 0 Å². The highest BCUT2D eigenvalue weighted by atomic mass is 16.1. The second kappa shape index (κ2) is 4.69. The van der Waals surface area contributed by atoms with Crippen LogP contribution in [0.3, 0.4) is 0 Å². The van der Waals surface area contributed by atoms with Gasteiger partial charge in [0.1, 0.15) is 12.4 Å². The second-order valence-electron chi connectivity index (χ2n) is 2.59. The molecule has 0 bridgehead atoms. The van der Waals surface area contributed by atoms with Crippen LogP contribution in [-0.2, 0) is 4.79 Å². The number of carbonyl (C=O) groups is 1. The molecule has 1 aromatic carbocycles. The quantitative estimate of drug-likeness (QED) is 0.403. The molecular weight excluding hydrogens is 176 g/mol. The summed E-state index contributed by atoms with van der Waals surface area (Å²) < 4.78 is 0.